The lowest BCUT2D eigenvalue weighted by Gasteiger charge is -2.31. The maximum Gasteiger partial charge on any atom is 0.136 e. The number of pyridine rings is 1. The average molecular weight is 321 g/mol. The van der Waals surface area contributed by atoms with Gasteiger partial charge in [-0.3, -0.25) is 0 Å². The molecule has 0 unspecified atom stereocenters. The van der Waals surface area contributed by atoms with Crippen molar-refractivity contribution in [3.05, 3.63) is 30.5 Å². The standard InChI is InChI=1S/C15H17BrN2O/c1-19-14-4-2-3-13-12(14)5-8-17-15(13)18-9-6-11(16)7-10-18/h2-5,8,11H,6-7,9-10H2,1H3. The molecule has 0 spiro atoms. The minimum atomic E-state index is 0.647. The second-order valence-electron chi connectivity index (χ2n) is 4.85. The fourth-order valence-corrected chi connectivity index (χ4v) is 3.06. The van der Waals surface area contributed by atoms with E-state index in [4.69, 9.17) is 4.74 Å². The van der Waals surface area contributed by atoms with Crippen molar-refractivity contribution in [3.8, 4) is 5.75 Å². The molecule has 4 heteroatoms. The summed E-state index contributed by atoms with van der Waals surface area (Å²) in [6.07, 6.45) is 4.21. The molecule has 0 aliphatic carbocycles. The smallest absolute Gasteiger partial charge is 0.136 e. The van der Waals surface area contributed by atoms with Crippen LogP contribution in [0.3, 0.4) is 0 Å². The lowest BCUT2D eigenvalue weighted by Crippen LogP contribution is -2.34. The first-order valence-corrected chi connectivity index (χ1v) is 7.52. The molecule has 0 radical (unpaired) electrons. The zero-order valence-electron chi connectivity index (χ0n) is 11.0. The van der Waals surface area contributed by atoms with E-state index >= 15 is 0 Å². The zero-order chi connectivity index (χ0) is 13.2. The number of hydrogen-bond acceptors (Lipinski definition) is 3. The van der Waals surface area contributed by atoms with Crippen LogP contribution in [-0.4, -0.2) is 30.0 Å². The molecule has 0 bridgehead atoms. The number of anilines is 1. The Balaban J connectivity index is 2.04. The van der Waals surface area contributed by atoms with Crippen molar-refractivity contribution in [1.82, 2.24) is 4.98 Å². The van der Waals surface area contributed by atoms with Gasteiger partial charge in [-0.25, -0.2) is 4.98 Å². The van der Waals surface area contributed by atoms with Gasteiger partial charge in [-0.1, -0.05) is 28.1 Å². The average Bonchev–Trinajstić information content (AvgIpc) is 2.47. The van der Waals surface area contributed by atoms with Crippen LogP contribution in [0.25, 0.3) is 10.8 Å². The quantitative estimate of drug-likeness (QED) is 0.790. The molecule has 0 N–H and O–H groups in total. The highest BCUT2D eigenvalue weighted by Gasteiger charge is 2.19. The Bertz CT molecular complexity index is 579. The molecule has 1 fully saturated rings. The fourth-order valence-electron chi connectivity index (χ4n) is 2.65. The molecule has 2 aromatic rings. The van der Waals surface area contributed by atoms with E-state index in [0.717, 1.165) is 30.0 Å². The van der Waals surface area contributed by atoms with E-state index in [-0.39, 0.29) is 0 Å². The summed E-state index contributed by atoms with van der Waals surface area (Å²) >= 11 is 3.69. The van der Waals surface area contributed by atoms with Crippen LogP contribution in [0.4, 0.5) is 5.82 Å². The van der Waals surface area contributed by atoms with Crippen molar-refractivity contribution in [2.75, 3.05) is 25.1 Å². The van der Waals surface area contributed by atoms with Crippen LogP contribution in [0, 0.1) is 0 Å². The molecule has 1 aliphatic rings. The SMILES string of the molecule is COc1cccc2c(N3CCC(Br)CC3)nccc12. The van der Waals surface area contributed by atoms with Crippen LogP contribution in [0.5, 0.6) is 5.75 Å². The summed E-state index contributed by atoms with van der Waals surface area (Å²) in [6, 6.07) is 8.18. The van der Waals surface area contributed by atoms with Crippen molar-refractivity contribution >= 4 is 32.5 Å². The van der Waals surface area contributed by atoms with Gasteiger partial charge >= 0.3 is 0 Å². The Morgan fingerprint density at radius 3 is 2.74 bits per heavy atom. The number of aromatic nitrogens is 1. The van der Waals surface area contributed by atoms with Crippen LogP contribution in [0.15, 0.2) is 30.5 Å². The normalized spacial score (nSPS) is 16.8. The molecule has 1 aromatic carbocycles. The first-order valence-electron chi connectivity index (χ1n) is 6.60. The fraction of sp³-hybridized carbons (Fsp3) is 0.400. The van der Waals surface area contributed by atoms with Gasteiger partial charge in [0, 0.05) is 34.9 Å². The third-order valence-electron chi connectivity index (χ3n) is 3.69. The number of nitrogens with zero attached hydrogens (tertiary/aromatic N) is 2. The second-order valence-corrected chi connectivity index (χ2v) is 6.15. The number of alkyl halides is 1. The van der Waals surface area contributed by atoms with Crippen LogP contribution in [0.2, 0.25) is 0 Å². The van der Waals surface area contributed by atoms with E-state index in [1.54, 1.807) is 7.11 Å². The van der Waals surface area contributed by atoms with E-state index in [2.05, 4.69) is 31.9 Å². The Morgan fingerprint density at radius 2 is 2.00 bits per heavy atom. The summed E-state index contributed by atoms with van der Waals surface area (Å²) in [7, 11) is 1.71. The van der Waals surface area contributed by atoms with Crippen molar-refractivity contribution in [2.45, 2.75) is 17.7 Å². The van der Waals surface area contributed by atoms with Gasteiger partial charge < -0.3 is 9.64 Å². The van der Waals surface area contributed by atoms with Gasteiger partial charge in [-0.05, 0) is 25.0 Å². The second kappa shape index (κ2) is 5.37. The molecule has 19 heavy (non-hydrogen) atoms. The van der Waals surface area contributed by atoms with E-state index in [9.17, 15) is 0 Å². The molecular weight excluding hydrogens is 304 g/mol. The predicted octanol–water partition coefficient (Wildman–Crippen LogP) is 3.61. The number of methoxy groups -OCH3 is 1. The molecule has 0 amide bonds. The van der Waals surface area contributed by atoms with E-state index in [1.807, 2.05) is 24.4 Å². The topological polar surface area (TPSA) is 25.4 Å². The molecule has 2 heterocycles. The summed E-state index contributed by atoms with van der Waals surface area (Å²) in [6.45, 7) is 2.11. The Hall–Kier alpha value is -1.29. The monoisotopic (exact) mass is 320 g/mol. The Morgan fingerprint density at radius 1 is 1.21 bits per heavy atom. The zero-order valence-corrected chi connectivity index (χ0v) is 12.6. The number of piperidine rings is 1. The lowest BCUT2D eigenvalue weighted by atomic mass is 10.1. The highest BCUT2D eigenvalue weighted by atomic mass is 79.9. The van der Waals surface area contributed by atoms with E-state index < -0.39 is 0 Å². The highest BCUT2D eigenvalue weighted by molar-refractivity contribution is 9.09. The van der Waals surface area contributed by atoms with Gasteiger partial charge in [0.25, 0.3) is 0 Å². The lowest BCUT2D eigenvalue weighted by molar-refractivity contribution is 0.420. The Labute approximate surface area is 121 Å². The third kappa shape index (κ3) is 2.41. The number of halogens is 1. The van der Waals surface area contributed by atoms with Crippen LogP contribution < -0.4 is 9.64 Å². The largest absolute Gasteiger partial charge is 0.496 e. The van der Waals surface area contributed by atoms with Crippen LogP contribution >= 0.6 is 15.9 Å². The van der Waals surface area contributed by atoms with E-state index in [1.165, 1.54) is 18.2 Å². The first-order chi connectivity index (χ1) is 9.29. The van der Waals surface area contributed by atoms with E-state index in [0.29, 0.717) is 4.83 Å². The summed E-state index contributed by atoms with van der Waals surface area (Å²) in [5, 5.41) is 2.31. The van der Waals surface area contributed by atoms with Crippen LogP contribution in [-0.2, 0) is 0 Å². The summed E-state index contributed by atoms with van der Waals surface area (Å²) in [5.74, 6) is 1.99. The molecule has 0 saturated carbocycles. The molecule has 1 aromatic heterocycles. The summed E-state index contributed by atoms with van der Waals surface area (Å²) in [4.78, 5) is 7.61. The van der Waals surface area contributed by atoms with Crippen molar-refractivity contribution in [2.24, 2.45) is 0 Å². The molecular formula is C15H17BrN2O. The maximum absolute atomic E-state index is 5.43. The highest BCUT2D eigenvalue weighted by Crippen LogP contribution is 2.32. The van der Waals surface area contributed by atoms with Gasteiger partial charge in [0.05, 0.1) is 7.11 Å². The number of fused-ring (bicyclic) bond motifs is 1. The third-order valence-corrected chi connectivity index (χ3v) is 4.60. The number of hydrogen-bond donors (Lipinski definition) is 0. The summed E-state index contributed by atoms with van der Waals surface area (Å²) < 4.78 is 5.43. The summed E-state index contributed by atoms with van der Waals surface area (Å²) in [5.41, 5.74) is 0. The first kappa shape index (κ1) is 12.7. The van der Waals surface area contributed by atoms with Gasteiger partial charge in [0.15, 0.2) is 0 Å². The van der Waals surface area contributed by atoms with Gasteiger partial charge in [0.1, 0.15) is 11.6 Å². The number of rotatable bonds is 2. The Kier molecular flexibility index (Phi) is 3.60. The number of benzene rings is 1. The molecule has 3 rings (SSSR count). The maximum atomic E-state index is 5.43. The van der Waals surface area contributed by atoms with Gasteiger partial charge in [0.2, 0.25) is 0 Å². The van der Waals surface area contributed by atoms with Gasteiger partial charge in [-0.2, -0.15) is 0 Å². The predicted molar refractivity (Wildman–Crippen MR) is 82.5 cm³/mol. The molecule has 0 atom stereocenters. The molecule has 100 valence electrons. The molecule has 1 saturated heterocycles. The van der Waals surface area contributed by atoms with Gasteiger partial charge in [-0.15, -0.1) is 0 Å². The molecule has 1 aliphatic heterocycles. The minimum Gasteiger partial charge on any atom is -0.496 e. The minimum absolute atomic E-state index is 0.647. The van der Waals surface area contributed by atoms with Crippen molar-refractivity contribution in [3.63, 3.8) is 0 Å². The van der Waals surface area contributed by atoms with Crippen molar-refractivity contribution < 1.29 is 4.74 Å². The van der Waals surface area contributed by atoms with Crippen LogP contribution in [0.1, 0.15) is 12.8 Å². The van der Waals surface area contributed by atoms with Crippen molar-refractivity contribution in [1.29, 1.82) is 0 Å². The number of ether oxygens (including phenoxy) is 1. The molecule has 3 nitrogen and oxygen atoms in total.